The van der Waals surface area contributed by atoms with Crippen molar-refractivity contribution in [1.82, 2.24) is 4.31 Å². The van der Waals surface area contributed by atoms with E-state index in [9.17, 15) is 18.0 Å². The number of anilines is 2. The summed E-state index contributed by atoms with van der Waals surface area (Å²) in [7, 11) is -0.893. The number of carbonyl (C=O) groups excluding carboxylic acids is 2. The van der Waals surface area contributed by atoms with E-state index < -0.39 is 15.9 Å². The summed E-state index contributed by atoms with van der Waals surface area (Å²) in [4.78, 5) is 26.2. The summed E-state index contributed by atoms with van der Waals surface area (Å²) in [5.41, 5.74) is 1.28. The average Bonchev–Trinajstić information content (AvgIpc) is 2.60. The van der Waals surface area contributed by atoms with Gasteiger partial charge in [-0.05, 0) is 46.3 Å². The molecule has 1 aliphatic rings. The molecule has 0 saturated carbocycles. The summed E-state index contributed by atoms with van der Waals surface area (Å²) in [5.74, 6) is -0.759. The van der Waals surface area contributed by atoms with Gasteiger partial charge in [-0.2, -0.15) is 0 Å². The number of hydrogen-bond acceptors (Lipinski definition) is 4. The minimum absolute atomic E-state index is 0.0110. The number of sulfonamides is 1. The average molecular weight is 438 g/mol. The van der Waals surface area contributed by atoms with Gasteiger partial charge in [-0.1, -0.05) is 12.1 Å². The SMILES string of the molecule is CN(C)S(=O)(=O)c1cc(C(=O)N2CC(=O)Nc3ccccc32)ccc1Br. The van der Waals surface area contributed by atoms with Gasteiger partial charge in [0.15, 0.2) is 0 Å². The van der Waals surface area contributed by atoms with E-state index in [1.165, 1.54) is 37.2 Å². The molecule has 0 saturated heterocycles. The lowest BCUT2D eigenvalue weighted by Crippen LogP contribution is -2.42. The second-order valence-corrected chi connectivity index (χ2v) is 8.86. The van der Waals surface area contributed by atoms with Crippen LogP contribution in [0, 0.1) is 0 Å². The third kappa shape index (κ3) is 3.25. The van der Waals surface area contributed by atoms with Crippen molar-refractivity contribution in [2.75, 3.05) is 30.9 Å². The molecule has 26 heavy (non-hydrogen) atoms. The van der Waals surface area contributed by atoms with Gasteiger partial charge in [0.1, 0.15) is 6.54 Å². The fourth-order valence-corrected chi connectivity index (χ4v) is 4.45. The fraction of sp³-hybridized carbons (Fsp3) is 0.176. The number of benzene rings is 2. The third-order valence-electron chi connectivity index (χ3n) is 3.95. The van der Waals surface area contributed by atoms with E-state index >= 15 is 0 Å². The van der Waals surface area contributed by atoms with Crippen LogP contribution in [-0.2, 0) is 14.8 Å². The number of carbonyl (C=O) groups is 2. The van der Waals surface area contributed by atoms with E-state index in [4.69, 9.17) is 0 Å². The van der Waals surface area contributed by atoms with Gasteiger partial charge in [0.05, 0.1) is 16.3 Å². The van der Waals surface area contributed by atoms with Gasteiger partial charge in [0, 0.05) is 24.1 Å². The molecular formula is C17H16BrN3O4S. The van der Waals surface area contributed by atoms with E-state index in [0.29, 0.717) is 15.8 Å². The van der Waals surface area contributed by atoms with Crippen LogP contribution in [0.1, 0.15) is 10.4 Å². The molecule has 0 fully saturated rings. The smallest absolute Gasteiger partial charge is 0.258 e. The first-order valence-corrected chi connectivity index (χ1v) is 9.88. The Morgan fingerprint density at radius 3 is 2.58 bits per heavy atom. The van der Waals surface area contributed by atoms with Crippen LogP contribution < -0.4 is 10.2 Å². The van der Waals surface area contributed by atoms with Crippen molar-refractivity contribution < 1.29 is 18.0 Å². The fourth-order valence-electron chi connectivity index (χ4n) is 2.60. The van der Waals surface area contributed by atoms with E-state index in [0.717, 1.165) is 4.31 Å². The Balaban J connectivity index is 2.06. The standard InChI is InChI=1S/C17H16BrN3O4S/c1-20(2)26(24,25)15-9-11(7-8-12(15)18)17(23)21-10-16(22)19-13-5-3-4-6-14(13)21/h3-9H,10H2,1-2H3,(H,19,22). The van der Waals surface area contributed by atoms with Crippen LogP contribution in [0.3, 0.4) is 0 Å². The van der Waals surface area contributed by atoms with Gasteiger partial charge >= 0.3 is 0 Å². The molecule has 0 radical (unpaired) electrons. The van der Waals surface area contributed by atoms with Crippen LogP contribution in [0.25, 0.3) is 0 Å². The van der Waals surface area contributed by atoms with Crippen molar-refractivity contribution in [1.29, 1.82) is 0 Å². The maximum absolute atomic E-state index is 13.0. The molecule has 0 unspecified atom stereocenters. The number of halogens is 1. The molecule has 1 aliphatic heterocycles. The van der Waals surface area contributed by atoms with Gasteiger partial charge in [-0.15, -0.1) is 0 Å². The lowest BCUT2D eigenvalue weighted by molar-refractivity contribution is -0.115. The highest BCUT2D eigenvalue weighted by atomic mass is 79.9. The van der Waals surface area contributed by atoms with Crippen molar-refractivity contribution in [3.8, 4) is 0 Å². The highest BCUT2D eigenvalue weighted by molar-refractivity contribution is 9.10. The van der Waals surface area contributed by atoms with Crippen molar-refractivity contribution in [3.05, 3.63) is 52.5 Å². The third-order valence-corrected chi connectivity index (χ3v) is 6.76. The van der Waals surface area contributed by atoms with Crippen LogP contribution in [0.2, 0.25) is 0 Å². The zero-order valence-electron chi connectivity index (χ0n) is 14.1. The molecule has 2 aromatic rings. The van der Waals surface area contributed by atoms with Gasteiger partial charge in [-0.3, -0.25) is 14.5 Å². The number of nitrogens with zero attached hydrogens (tertiary/aromatic N) is 2. The summed E-state index contributed by atoms with van der Waals surface area (Å²) < 4.78 is 26.4. The summed E-state index contributed by atoms with van der Waals surface area (Å²) in [6.07, 6.45) is 0. The molecule has 1 N–H and O–H groups in total. The number of rotatable bonds is 3. The Morgan fingerprint density at radius 1 is 1.19 bits per heavy atom. The van der Waals surface area contributed by atoms with Crippen LogP contribution in [-0.4, -0.2) is 45.2 Å². The summed E-state index contributed by atoms with van der Waals surface area (Å²) >= 11 is 3.22. The molecule has 0 spiro atoms. The van der Waals surface area contributed by atoms with Crippen LogP contribution >= 0.6 is 15.9 Å². The van der Waals surface area contributed by atoms with Gasteiger partial charge < -0.3 is 5.32 Å². The molecule has 0 aliphatic carbocycles. The van der Waals surface area contributed by atoms with Crippen molar-refractivity contribution in [3.63, 3.8) is 0 Å². The molecule has 1 heterocycles. The maximum Gasteiger partial charge on any atom is 0.258 e. The molecule has 136 valence electrons. The lowest BCUT2D eigenvalue weighted by atomic mass is 10.1. The van der Waals surface area contributed by atoms with Crippen molar-refractivity contribution in [2.45, 2.75) is 4.90 Å². The topological polar surface area (TPSA) is 86.8 Å². The van der Waals surface area contributed by atoms with Gasteiger partial charge in [0.2, 0.25) is 15.9 Å². The first-order valence-electron chi connectivity index (χ1n) is 7.64. The van der Waals surface area contributed by atoms with Crippen LogP contribution in [0.15, 0.2) is 51.8 Å². The second kappa shape index (κ2) is 6.82. The second-order valence-electron chi connectivity index (χ2n) is 5.89. The molecule has 2 aromatic carbocycles. The molecule has 0 atom stereocenters. The first kappa shape index (κ1) is 18.6. The number of amides is 2. The number of nitrogens with one attached hydrogen (secondary N) is 1. The molecule has 2 amide bonds. The Labute approximate surface area is 159 Å². The lowest BCUT2D eigenvalue weighted by Gasteiger charge is -2.29. The summed E-state index contributed by atoms with van der Waals surface area (Å²) in [6, 6.07) is 11.3. The van der Waals surface area contributed by atoms with Gasteiger partial charge in [-0.25, -0.2) is 12.7 Å². The van der Waals surface area contributed by atoms with E-state index in [-0.39, 0.29) is 22.9 Å². The molecule has 7 nitrogen and oxygen atoms in total. The van der Waals surface area contributed by atoms with Gasteiger partial charge in [0.25, 0.3) is 5.91 Å². The summed E-state index contributed by atoms with van der Waals surface area (Å²) in [6.45, 7) is -0.137. The quantitative estimate of drug-likeness (QED) is 0.797. The first-order chi connectivity index (χ1) is 12.2. The molecular weight excluding hydrogens is 422 g/mol. The Bertz CT molecular complexity index is 1000. The number of fused-ring (bicyclic) bond motifs is 1. The van der Waals surface area contributed by atoms with Crippen molar-refractivity contribution in [2.24, 2.45) is 0 Å². The predicted molar refractivity (Wildman–Crippen MR) is 102 cm³/mol. The molecule has 3 rings (SSSR count). The zero-order valence-corrected chi connectivity index (χ0v) is 16.5. The van der Waals surface area contributed by atoms with Crippen molar-refractivity contribution >= 4 is 49.1 Å². The minimum atomic E-state index is -3.73. The minimum Gasteiger partial charge on any atom is -0.323 e. The highest BCUT2D eigenvalue weighted by Gasteiger charge is 2.29. The Hall–Kier alpha value is -2.23. The van der Waals surface area contributed by atoms with E-state index in [2.05, 4.69) is 21.2 Å². The monoisotopic (exact) mass is 437 g/mol. The molecule has 0 bridgehead atoms. The van der Waals surface area contributed by atoms with Crippen LogP contribution in [0.5, 0.6) is 0 Å². The predicted octanol–water partition coefficient (Wildman–Crippen LogP) is 2.30. The Kier molecular flexibility index (Phi) is 4.87. The van der Waals surface area contributed by atoms with Crippen LogP contribution in [0.4, 0.5) is 11.4 Å². The molecule has 9 heteroatoms. The highest BCUT2D eigenvalue weighted by Crippen LogP contribution is 2.31. The number of para-hydroxylation sites is 2. The zero-order chi connectivity index (χ0) is 19.1. The molecule has 0 aromatic heterocycles. The van der Waals surface area contributed by atoms with E-state index in [1.54, 1.807) is 24.3 Å². The number of hydrogen-bond donors (Lipinski definition) is 1. The largest absolute Gasteiger partial charge is 0.323 e. The maximum atomic E-state index is 13.0. The van der Waals surface area contributed by atoms with E-state index in [1.807, 2.05) is 0 Å². The Morgan fingerprint density at radius 2 is 1.88 bits per heavy atom. The normalized spacial score (nSPS) is 14.2. The summed E-state index contributed by atoms with van der Waals surface area (Å²) in [5, 5.41) is 2.71.